The zero-order valence-electron chi connectivity index (χ0n) is 5.95. The first-order valence-corrected chi connectivity index (χ1v) is 4.10. The van der Waals surface area contributed by atoms with E-state index in [0.717, 1.165) is 0 Å². The molecule has 0 N–H and O–H groups in total. The Morgan fingerprint density at radius 3 is 2.91 bits per heavy atom. The van der Waals surface area contributed by atoms with Gasteiger partial charge in [0.2, 0.25) is 5.69 Å². The Labute approximate surface area is 72.5 Å². The van der Waals surface area contributed by atoms with Gasteiger partial charge in [-0.05, 0) is 0 Å². The second-order valence-corrected chi connectivity index (χ2v) is 2.43. The molecule has 0 unspecified atom stereocenters. The minimum absolute atomic E-state index is 0.324. The molecule has 60 valence electrons. The molecule has 0 aliphatic carbocycles. The minimum atomic E-state index is 0.324. The van der Waals surface area contributed by atoms with E-state index >= 15 is 0 Å². The maximum Gasteiger partial charge on any atom is 0.280 e. The molecule has 1 rings (SSSR count). The number of halogens is 1. The minimum Gasteiger partial charge on any atom is -0.594 e. The van der Waals surface area contributed by atoms with Crippen LogP contribution in [0.15, 0.2) is 12.1 Å². The van der Waals surface area contributed by atoms with Crippen LogP contribution in [-0.2, 0) is 5.33 Å². The van der Waals surface area contributed by atoms with E-state index in [1.807, 2.05) is 0 Å². The number of alkyl halides is 1. The fourth-order valence-corrected chi connectivity index (χ4v) is 1.02. The topological polar surface area (TPSA) is 49.1 Å². The van der Waals surface area contributed by atoms with Crippen molar-refractivity contribution in [2.24, 2.45) is 0 Å². The summed E-state index contributed by atoms with van der Waals surface area (Å²) in [5.74, 6) is 0.324. The lowest BCUT2D eigenvalue weighted by Crippen LogP contribution is -2.35. The summed E-state index contributed by atoms with van der Waals surface area (Å²) in [5, 5.41) is 15.0. The first kappa shape index (κ1) is 8.26. The summed E-state index contributed by atoms with van der Waals surface area (Å²) in [4.78, 5) is 0.535. The monoisotopic (exact) mass is 218 g/mol. The normalized spacial score (nSPS) is 9.64. The van der Waals surface area contributed by atoms with E-state index in [1.165, 1.54) is 7.11 Å². The molecule has 1 aromatic heterocycles. The zero-order valence-corrected chi connectivity index (χ0v) is 7.54. The molecule has 0 fully saturated rings. The van der Waals surface area contributed by atoms with E-state index in [4.69, 9.17) is 4.74 Å². The lowest BCUT2D eigenvalue weighted by Gasteiger charge is -1.99. The van der Waals surface area contributed by atoms with Crippen molar-refractivity contribution in [3.05, 3.63) is 23.0 Å². The first-order valence-electron chi connectivity index (χ1n) is 2.97. The van der Waals surface area contributed by atoms with Gasteiger partial charge in [0, 0.05) is 12.1 Å². The number of rotatable bonds is 2. The molecule has 0 aliphatic heterocycles. The Bertz CT molecular complexity index is 254. The molecule has 0 amide bonds. The zero-order chi connectivity index (χ0) is 8.27. The number of aromatic nitrogens is 2. The third-order valence-electron chi connectivity index (χ3n) is 1.20. The second kappa shape index (κ2) is 3.52. The third-order valence-corrected chi connectivity index (χ3v) is 1.77. The fourth-order valence-electron chi connectivity index (χ4n) is 0.623. The molecule has 4 nitrogen and oxygen atoms in total. The SMILES string of the molecule is COc1ccc(CBr)[n+]([O-])n1. The summed E-state index contributed by atoms with van der Waals surface area (Å²) in [6, 6.07) is 3.30. The molecule has 0 saturated heterocycles. The Morgan fingerprint density at radius 1 is 1.73 bits per heavy atom. The molecule has 0 atom stereocenters. The number of methoxy groups -OCH3 is 1. The van der Waals surface area contributed by atoms with Gasteiger partial charge in [0.15, 0.2) is 0 Å². The molecule has 0 aromatic carbocycles. The lowest BCUT2D eigenvalue weighted by molar-refractivity contribution is -0.676. The molecule has 11 heavy (non-hydrogen) atoms. The summed E-state index contributed by atoms with van der Waals surface area (Å²) in [6.45, 7) is 0. The highest BCUT2D eigenvalue weighted by Gasteiger charge is 2.05. The van der Waals surface area contributed by atoms with Crippen LogP contribution >= 0.6 is 15.9 Å². The van der Waals surface area contributed by atoms with Gasteiger partial charge >= 0.3 is 0 Å². The van der Waals surface area contributed by atoms with E-state index in [9.17, 15) is 5.21 Å². The number of hydrogen-bond acceptors (Lipinski definition) is 3. The molecular formula is C6H7BrN2O2. The fraction of sp³-hybridized carbons (Fsp3) is 0.333. The maximum atomic E-state index is 10.9. The van der Waals surface area contributed by atoms with Gasteiger partial charge in [-0.3, -0.25) is 0 Å². The summed E-state index contributed by atoms with van der Waals surface area (Å²) < 4.78 is 4.75. The van der Waals surface area contributed by atoms with E-state index in [0.29, 0.717) is 21.7 Å². The Balaban J connectivity index is 2.99. The molecule has 0 bridgehead atoms. The largest absolute Gasteiger partial charge is 0.594 e. The van der Waals surface area contributed by atoms with Gasteiger partial charge in [-0.1, -0.05) is 20.8 Å². The van der Waals surface area contributed by atoms with Crippen molar-refractivity contribution < 1.29 is 9.58 Å². The standard InChI is InChI=1S/C6H7BrN2O2/c1-11-6-3-2-5(4-7)9(10)8-6/h2-3H,4H2,1H3. The van der Waals surface area contributed by atoms with Crippen LogP contribution in [-0.4, -0.2) is 12.2 Å². The van der Waals surface area contributed by atoms with Gasteiger partial charge in [0.25, 0.3) is 5.88 Å². The molecular weight excluding hydrogens is 212 g/mol. The molecule has 0 spiro atoms. The van der Waals surface area contributed by atoms with Crippen LogP contribution in [0, 0.1) is 5.21 Å². The lowest BCUT2D eigenvalue weighted by atomic mass is 10.4. The summed E-state index contributed by atoms with van der Waals surface area (Å²) in [5.41, 5.74) is 0.561. The van der Waals surface area contributed by atoms with Crippen LogP contribution in [0.1, 0.15) is 5.69 Å². The highest BCUT2D eigenvalue weighted by molar-refractivity contribution is 9.08. The predicted octanol–water partition coefficient (Wildman–Crippen LogP) is 0.619. The quantitative estimate of drug-likeness (QED) is 0.416. The molecule has 5 heteroatoms. The van der Waals surface area contributed by atoms with Gasteiger partial charge in [-0.2, -0.15) is 0 Å². The van der Waals surface area contributed by atoms with Crippen LogP contribution in [0.3, 0.4) is 0 Å². The number of nitrogens with zero attached hydrogens (tertiary/aromatic N) is 2. The maximum absolute atomic E-state index is 10.9. The molecule has 0 radical (unpaired) electrons. The van der Waals surface area contributed by atoms with Gasteiger partial charge in [0.1, 0.15) is 0 Å². The molecule has 1 heterocycles. The first-order chi connectivity index (χ1) is 5.27. The third kappa shape index (κ3) is 1.80. The van der Waals surface area contributed by atoms with Crippen molar-refractivity contribution in [3.8, 4) is 5.88 Å². The van der Waals surface area contributed by atoms with Crippen molar-refractivity contribution in [2.75, 3.05) is 7.11 Å². The van der Waals surface area contributed by atoms with Crippen LogP contribution in [0.25, 0.3) is 0 Å². The average Bonchev–Trinajstić information content (AvgIpc) is 2.04. The van der Waals surface area contributed by atoms with Crippen LogP contribution in [0.2, 0.25) is 0 Å². The Kier molecular flexibility index (Phi) is 2.64. The van der Waals surface area contributed by atoms with Gasteiger partial charge in [-0.25, -0.2) is 0 Å². The predicted molar refractivity (Wildman–Crippen MR) is 42.4 cm³/mol. The van der Waals surface area contributed by atoms with E-state index in [1.54, 1.807) is 12.1 Å². The smallest absolute Gasteiger partial charge is 0.280 e. The van der Waals surface area contributed by atoms with Gasteiger partial charge in [0.05, 0.1) is 17.5 Å². The number of hydrogen-bond donors (Lipinski definition) is 0. The van der Waals surface area contributed by atoms with Crippen molar-refractivity contribution in [1.82, 2.24) is 5.10 Å². The van der Waals surface area contributed by atoms with Gasteiger partial charge in [-0.15, -0.1) is 0 Å². The summed E-state index contributed by atoms with van der Waals surface area (Å²) in [6.07, 6.45) is 0. The van der Waals surface area contributed by atoms with Crippen molar-refractivity contribution in [1.29, 1.82) is 0 Å². The van der Waals surface area contributed by atoms with Crippen LogP contribution in [0.5, 0.6) is 5.88 Å². The van der Waals surface area contributed by atoms with Crippen molar-refractivity contribution in [3.63, 3.8) is 0 Å². The highest BCUT2D eigenvalue weighted by atomic mass is 79.9. The molecule has 0 saturated carbocycles. The van der Waals surface area contributed by atoms with Crippen LogP contribution in [0.4, 0.5) is 0 Å². The second-order valence-electron chi connectivity index (χ2n) is 1.87. The highest BCUT2D eigenvalue weighted by Crippen LogP contribution is 2.04. The molecule has 1 aromatic rings. The van der Waals surface area contributed by atoms with Crippen molar-refractivity contribution >= 4 is 15.9 Å². The van der Waals surface area contributed by atoms with E-state index in [-0.39, 0.29) is 0 Å². The van der Waals surface area contributed by atoms with Gasteiger partial charge < -0.3 is 9.94 Å². The van der Waals surface area contributed by atoms with Crippen LogP contribution < -0.4 is 9.58 Å². The number of ether oxygens (including phenoxy) is 1. The van der Waals surface area contributed by atoms with E-state index < -0.39 is 0 Å². The Morgan fingerprint density at radius 2 is 2.45 bits per heavy atom. The molecule has 0 aliphatic rings. The van der Waals surface area contributed by atoms with Crippen molar-refractivity contribution in [2.45, 2.75) is 5.33 Å². The average molecular weight is 219 g/mol. The Hall–Kier alpha value is -0.840. The summed E-state index contributed by atoms with van der Waals surface area (Å²) >= 11 is 3.15. The van der Waals surface area contributed by atoms with E-state index in [2.05, 4.69) is 21.0 Å². The summed E-state index contributed by atoms with van der Waals surface area (Å²) in [7, 11) is 1.47.